The molecule has 0 rings (SSSR count). The number of aliphatic carboxylic acids is 1. The monoisotopic (exact) mass is 194 g/mol. The zero-order chi connectivity index (χ0) is 9.56. The van der Waals surface area contributed by atoms with E-state index in [-0.39, 0.29) is 24.3 Å². The van der Waals surface area contributed by atoms with Gasteiger partial charge in [-0.25, -0.2) is 4.79 Å². The minimum atomic E-state index is -1.13. The van der Waals surface area contributed by atoms with E-state index >= 15 is 0 Å². The molecule has 0 spiro atoms. The highest BCUT2D eigenvalue weighted by atomic mass is 16.5. The summed E-state index contributed by atoms with van der Waals surface area (Å²) in [5.41, 5.74) is -0.0832. The molecule has 0 radical (unpaired) electrons. The molecule has 0 amide bonds. The van der Waals surface area contributed by atoms with Crippen LogP contribution in [0.1, 0.15) is 0 Å². The molecule has 0 heterocycles. The van der Waals surface area contributed by atoms with Gasteiger partial charge in [-0.05, 0) is 0 Å². The van der Waals surface area contributed by atoms with Crippen LogP contribution in [0.2, 0.25) is 0 Å². The normalized spacial score (nSPS) is 11.5. The second kappa shape index (κ2) is 7.69. The third kappa shape index (κ3) is 7.41. The first kappa shape index (κ1) is 14.6. The van der Waals surface area contributed by atoms with Gasteiger partial charge in [0.1, 0.15) is 6.10 Å². The molecule has 0 aromatic heterocycles. The number of aliphatic hydroxyl groups is 2. The van der Waals surface area contributed by atoms with Crippen molar-refractivity contribution in [2.75, 3.05) is 19.8 Å². The first-order valence-corrected chi connectivity index (χ1v) is 3.35. The van der Waals surface area contributed by atoms with Gasteiger partial charge in [0, 0.05) is 0 Å². The summed E-state index contributed by atoms with van der Waals surface area (Å²) in [4.78, 5) is 10.2. The lowest BCUT2D eigenvalue weighted by atomic mass is 10.3. The van der Waals surface area contributed by atoms with E-state index in [0.29, 0.717) is 0 Å². The zero-order valence-corrected chi connectivity index (χ0v) is 7.06. The molecule has 0 aliphatic heterocycles. The van der Waals surface area contributed by atoms with Crippen LogP contribution in [0, 0.1) is 0 Å². The molecule has 1 atom stereocenters. The van der Waals surface area contributed by atoms with Gasteiger partial charge in [-0.1, -0.05) is 6.58 Å². The Morgan fingerprint density at radius 2 is 2.08 bits per heavy atom. The minimum absolute atomic E-state index is 0. The van der Waals surface area contributed by atoms with E-state index in [4.69, 9.17) is 20.1 Å². The van der Waals surface area contributed by atoms with E-state index in [0.717, 1.165) is 0 Å². The average Bonchev–Trinajstić information content (AvgIpc) is 2.03. The number of hydrogen-bond acceptors (Lipinski definition) is 4. The van der Waals surface area contributed by atoms with Crippen LogP contribution < -0.4 is 0 Å². The molecular formula is C7H14O6. The Bertz CT molecular complexity index is 166. The molecule has 0 aromatic carbocycles. The number of aliphatic hydroxyl groups excluding tert-OH is 2. The summed E-state index contributed by atoms with van der Waals surface area (Å²) in [5.74, 6) is -1.13. The summed E-state index contributed by atoms with van der Waals surface area (Å²) in [6.07, 6.45) is -0.966. The average molecular weight is 194 g/mol. The molecule has 0 aromatic rings. The van der Waals surface area contributed by atoms with E-state index < -0.39 is 18.7 Å². The number of hydrogen-bond donors (Lipinski definition) is 3. The van der Waals surface area contributed by atoms with Crippen LogP contribution in [0.25, 0.3) is 0 Å². The van der Waals surface area contributed by atoms with Gasteiger partial charge in [0.25, 0.3) is 0 Å². The Morgan fingerprint density at radius 3 is 2.46 bits per heavy atom. The third-order valence-electron chi connectivity index (χ3n) is 1.10. The SMILES string of the molecule is C=C(COCC(O)CO)C(=O)O.O. The Hall–Kier alpha value is -0.950. The highest BCUT2D eigenvalue weighted by Crippen LogP contribution is 1.92. The van der Waals surface area contributed by atoms with Crippen LogP contribution in [-0.4, -0.2) is 52.7 Å². The summed E-state index contributed by atoms with van der Waals surface area (Å²) < 4.78 is 4.72. The fourth-order valence-electron chi connectivity index (χ4n) is 0.433. The van der Waals surface area contributed by atoms with Gasteiger partial charge in [0.2, 0.25) is 0 Å². The summed E-state index contributed by atoms with van der Waals surface area (Å²) in [6.45, 7) is 2.56. The van der Waals surface area contributed by atoms with Crippen molar-refractivity contribution in [3.05, 3.63) is 12.2 Å². The number of carbonyl (C=O) groups is 1. The molecule has 0 aliphatic carbocycles. The Kier molecular flexibility index (Phi) is 8.61. The van der Waals surface area contributed by atoms with Gasteiger partial charge < -0.3 is 25.5 Å². The lowest BCUT2D eigenvalue weighted by Crippen LogP contribution is -2.20. The van der Waals surface area contributed by atoms with Crippen molar-refractivity contribution in [3.63, 3.8) is 0 Å². The van der Waals surface area contributed by atoms with E-state index in [9.17, 15) is 4.79 Å². The number of rotatable bonds is 6. The molecule has 13 heavy (non-hydrogen) atoms. The van der Waals surface area contributed by atoms with Gasteiger partial charge in [-0.2, -0.15) is 0 Å². The molecule has 6 heteroatoms. The molecule has 0 fully saturated rings. The van der Waals surface area contributed by atoms with Crippen molar-refractivity contribution < 1.29 is 30.3 Å². The highest BCUT2D eigenvalue weighted by molar-refractivity contribution is 5.85. The fourth-order valence-corrected chi connectivity index (χ4v) is 0.433. The lowest BCUT2D eigenvalue weighted by Gasteiger charge is -2.07. The molecule has 0 saturated heterocycles. The fraction of sp³-hybridized carbons (Fsp3) is 0.571. The van der Waals surface area contributed by atoms with Crippen molar-refractivity contribution in [2.45, 2.75) is 6.10 Å². The molecule has 0 aliphatic rings. The van der Waals surface area contributed by atoms with Crippen LogP contribution in [0.4, 0.5) is 0 Å². The van der Waals surface area contributed by atoms with Crippen molar-refractivity contribution >= 4 is 5.97 Å². The van der Waals surface area contributed by atoms with E-state index in [2.05, 4.69) is 6.58 Å². The van der Waals surface area contributed by atoms with Crippen molar-refractivity contribution in [1.29, 1.82) is 0 Å². The lowest BCUT2D eigenvalue weighted by molar-refractivity contribution is -0.133. The van der Waals surface area contributed by atoms with Gasteiger partial charge in [-0.3, -0.25) is 0 Å². The third-order valence-corrected chi connectivity index (χ3v) is 1.10. The predicted octanol–water partition coefficient (Wildman–Crippen LogP) is -1.83. The van der Waals surface area contributed by atoms with E-state index in [1.165, 1.54) is 0 Å². The molecule has 0 saturated carbocycles. The molecule has 78 valence electrons. The topological polar surface area (TPSA) is 118 Å². The smallest absolute Gasteiger partial charge is 0.333 e. The quantitative estimate of drug-likeness (QED) is 0.430. The molecular weight excluding hydrogens is 180 g/mol. The Balaban J connectivity index is 0. The van der Waals surface area contributed by atoms with Crippen LogP contribution in [-0.2, 0) is 9.53 Å². The number of carboxylic acid groups (broad SMARTS) is 1. The maximum Gasteiger partial charge on any atom is 0.333 e. The molecule has 1 unspecified atom stereocenters. The maximum absolute atomic E-state index is 10.2. The first-order valence-electron chi connectivity index (χ1n) is 3.35. The first-order chi connectivity index (χ1) is 5.57. The number of ether oxygens (including phenoxy) is 1. The highest BCUT2D eigenvalue weighted by Gasteiger charge is 2.05. The van der Waals surface area contributed by atoms with Crippen LogP contribution in [0.15, 0.2) is 12.2 Å². The van der Waals surface area contributed by atoms with Crippen LogP contribution in [0.3, 0.4) is 0 Å². The Morgan fingerprint density at radius 1 is 1.54 bits per heavy atom. The summed E-state index contributed by atoms with van der Waals surface area (Å²) in [7, 11) is 0. The maximum atomic E-state index is 10.2. The van der Waals surface area contributed by atoms with Crippen LogP contribution in [0.5, 0.6) is 0 Å². The van der Waals surface area contributed by atoms with Gasteiger partial charge in [-0.15, -0.1) is 0 Å². The van der Waals surface area contributed by atoms with Gasteiger partial charge in [0.05, 0.1) is 25.4 Å². The molecule has 0 bridgehead atoms. The van der Waals surface area contributed by atoms with Gasteiger partial charge in [0.15, 0.2) is 0 Å². The van der Waals surface area contributed by atoms with Crippen molar-refractivity contribution in [2.24, 2.45) is 0 Å². The number of carboxylic acids is 1. The van der Waals surface area contributed by atoms with Crippen molar-refractivity contribution in [1.82, 2.24) is 0 Å². The Labute approximate surface area is 75.4 Å². The predicted molar refractivity (Wildman–Crippen MR) is 44.3 cm³/mol. The van der Waals surface area contributed by atoms with Gasteiger partial charge >= 0.3 is 5.97 Å². The van der Waals surface area contributed by atoms with E-state index in [1.807, 2.05) is 0 Å². The largest absolute Gasteiger partial charge is 0.478 e. The minimum Gasteiger partial charge on any atom is -0.478 e. The summed E-state index contributed by atoms with van der Waals surface area (Å²) in [6, 6.07) is 0. The second-order valence-corrected chi connectivity index (χ2v) is 2.26. The summed E-state index contributed by atoms with van der Waals surface area (Å²) in [5, 5.41) is 25.4. The van der Waals surface area contributed by atoms with E-state index in [1.54, 1.807) is 0 Å². The second-order valence-electron chi connectivity index (χ2n) is 2.26. The van der Waals surface area contributed by atoms with Crippen molar-refractivity contribution in [3.8, 4) is 0 Å². The molecule has 5 N–H and O–H groups in total. The molecule has 6 nitrogen and oxygen atoms in total. The van der Waals surface area contributed by atoms with Crippen LogP contribution >= 0.6 is 0 Å². The zero-order valence-electron chi connectivity index (χ0n) is 7.06. The summed E-state index contributed by atoms with van der Waals surface area (Å²) >= 11 is 0. The standard InChI is InChI=1S/C7H12O5.H2O/c1-5(7(10)11)3-12-4-6(9)2-8;/h6,8-9H,1-4H2,(H,10,11);1H2.